The third-order valence-corrected chi connectivity index (χ3v) is 10.5. The minimum absolute atomic E-state index is 0.133. The molecule has 0 spiro atoms. The first kappa shape index (κ1) is 13.0. The molecule has 0 aliphatic carbocycles. The fourth-order valence-electron chi connectivity index (χ4n) is 1.49. The number of sulfone groups is 1. The molecule has 0 radical (unpaired) electrons. The molecule has 2 nitrogen and oxygen atoms in total. The maximum atomic E-state index is 12.1. The van der Waals surface area contributed by atoms with Crippen LogP contribution in [0, 0.1) is 20.8 Å². The van der Waals surface area contributed by atoms with E-state index in [2.05, 4.69) is 0 Å². The van der Waals surface area contributed by atoms with Gasteiger partial charge >= 0.3 is 105 Å². The van der Waals surface area contributed by atoms with E-state index in [1.54, 1.807) is 13.0 Å². The van der Waals surface area contributed by atoms with Gasteiger partial charge in [-0.3, -0.25) is 0 Å². The van der Waals surface area contributed by atoms with Crippen molar-refractivity contribution in [3.05, 3.63) is 28.8 Å². The molecular formula is C11H18O2SSn. The van der Waals surface area contributed by atoms with Crippen molar-refractivity contribution in [2.75, 3.05) is 0 Å². The third kappa shape index (κ3) is 2.38. The summed E-state index contributed by atoms with van der Waals surface area (Å²) < 4.78 is 24.0. The molecule has 15 heavy (non-hydrogen) atoms. The molecule has 0 bridgehead atoms. The molecule has 0 aliphatic heterocycles. The topological polar surface area (TPSA) is 34.1 Å². The maximum absolute atomic E-state index is 12.1. The molecule has 0 fully saturated rings. The molecule has 84 valence electrons. The molecule has 0 aliphatic rings. The van der Waals surface area contributed by atoms with E-state index >= 15 is 0 Å². The van der Waals surface area contributed by atoms with Crippen LogP contribution in [0.1, 0.15) is 23.6 Å². The van der Waals surface area contributed by atoms with E-state index in [4.69, 9.17) is 0 Å². The molecule has 1 rings (SSSR count). The summed E-state index contributed by atoms with van der Waals surface area (Å²) >= 11 is 0.133. The van der Waals surface area contributed by atoms with Crippen LogP contribution < -0.4 is 0 Å². The van der Waals surface area contributed by atoms with Crippen LogP contribution in [0.5, 0.6) is 0 Å². The Hall–Kier alpha value is -0.0313. The van der Waals surface area contributed by atoms with Crippen molar-refractivity contribution in [2.45, 2.75) is 35.9 Å². The zero-order chi connectivity index (χ0) is 11.8. The van der Waals surface area contributed by atoms with Crippen molar-refractivity contribution in [1.82, 2.24) is 0 Å². The van der Waals surface area contributed by atoms with Gasteiger partial charge in [-0.1, -0.05) is 0 Å². The number of hydrogen-bond acceptors (Lipinski definition) is 2. The standard InChI is InChI=1S/C11H15O2S.Sn.3H/c1-5-14(12,13)11-7-6-8(2)9(3)10(11)4;;;;/h5-7H,1-4H3;;;;. The second-order valence-electron chi connectivity index (χ2n) is 4.22. The Labute approximate surface area is 105 Å². The predicted molar refractivity (Wildman–Crippen MR) is 67.2 cm³/mol. The fourth-order valence-corrected chi connectivity index (χ4v) is 5.01. The summed E-state index contributed by atoms with van der Waals surface area (Å²) in [7, 11) is -3.05. The molecule has 1 unspecified atom stereocenters. The van der Waals surface area contributed by atoms with Gasteiger partial charge in [0.25, 0.3) is 0 Å². The van der Waals surface area contributed by atoms with Crippen LogP contribution in [0.25, 0.3) is 0 Å². The van der Waals surface area contributed by atoms with Gasteiger partial charge in [0.1, 0.15) is 0 Å². The van der Waals surface area contributed by atoms with Gasteiger partial charge < -0.3 is 0 Å². The molecule has 4 heteroatoms. The van der Waals surface area contributed by atoms with Crippen molar-refractivity contribution < 1.29 is 8.42 Å². The van der Waals surface area contributed by atoms with Crippen LogP contribution in [0.15, 0.2) is 17.0 Å². The van der Waals surface area contributed by atoms with Crippen molar-refractivity contribution in [3.8, 4) is 0 Å². The molecule has 1 atom stereocenters. The number of rotatable bonds is 2. The fraction of sp³-hybridized carbons (Fsp3) is 0.455. The van der Waals surface area contributed by atoms with Crippen LogP contribution in [-0.4, -0.2) is 34.2 Å². The predicted octanol–water partition coefficient (Wildman–Crippen LogP) is 1.10. The van der Waals surface area contributed by atoms with Gasteiger partial charge in [0.15, 0.2) is 0 Å². The molecule has 1 aromatic rings. The Morgan fingerprint density at radius 3 is 2.13 bits per heavy atom. The Kier molecular flexibility index (Phi) is 3.87. The molecule has 0 saturated heterocycles. The monoisotopic (exact) mass is 334 g/mol. The quantitative estimate of drug-likeness (QED) is 0.760. The average Bonchev–Trinajstić information content (AvgIpc) is 2.13. The van der Waals surface area contributed by atoms with E-state index in [1.807, 2.05) is 26.8 Å². The third-order valence-electron chi connectivity index (χ3n) is 2.94. The van der Waals surface area contributed by atoms with Crippen LogP contribution >= 0.6 is 0 Å². The van der Waals surface area contributed by atoms with Gasteiger partial charge in [0, 0.05) is 0 Å². The second kappa shape index (κ2) is 4.45. The number of aryl methyl sites for hydroxylation is 1. The van der Waals surface area contributed by atoms with Crippen molar-refractivity contribution in [1.29, 1.82) is 0 Å². The van der Waals surface area contributed by atoms with E-state index in [0.717, 1.165) is 16.7 Å². The Morgan fingerprint density at radius 2 is 1.67 bits per heavy atom. The van der Waals surface area contributed by atoms with E-state index in [0.29, 0.717) is 4.90 Å². The normalized spacial score (nSPS) is 14.1. The van der Waals surface area contributed by atoms with E-state index in [-0.39, 0.29) is 25.8 Å². The first-order valence-electron chi connectivity index (χ1n) is 5.09. The van der Waals surface area contributed by atoms with Crippen LogP contribution in [0.4, 0.5) is 0 Å². The molecule has 0 saturated carbocycles. The molecular weight excluding hydrogens is 315 g/mol. The minimum atomic E-state index is -3.05. The van der Waals surface area contributed by atoms with Crippen LogP contribution in [0.2, 0.25) is 0 Å². The van der Waals surface area contributed by atoms with Crippen molar-refractivity contribution in [2.24, 2.45) is 0 Å². The van der Waals surface area contributed by atoms with E-state index < -0.39 is 9.84 Å². The summed E-state index contributed by atoms with van der Waals surface area (Å²) in [6.07, 6.45) is 0. The molecule has 0 amide bonds. The second-order valence-corrected chi connectivity index (χ2v) is 14.0. The zero-order valence-corrected chi connectivity index (χ0v) is 16.5. The summed E-state index contributed by atoms with van der Waals surface area (Å²) in [5, 5.41) is 0. The first-order chi connectivity index (χ1) is 6.78. The SMILES string of the molecule is Cc1ccc(S(=O)(=O)[CH](C)[SnH3])c(C)c1C. The summed E-state index contributed by atoms with van der Waals surface area (Å²) in [5.41, 5.74) is 3.15. The average molecular weight is 333 g/mol. The molecule has 0 aromatic heterocycles. The van der Waals surface area contributed by atoms with Gasteiger partial charge in [0.05, 0.1) is 0 Å². The van der Waals surface area contributed by atoms with Gasteiger partial charge in [0.2, 0.25) is 0 Å². The van der Waals surface area contributed by atoms with Gasteiger partial charge in [-0.2, -0.15) is 0 Å². The Morgan fingerprint density at radius 1 is 1.13 bits per heavy atom. The zero-order valence-electron chi connectivity index (χ0n) is 9.96. The summed E-state index contributed by atoms with van der Waals surface area (Å²) in [5.74, 6) is 0. The van der Waals surface area contributed by atoms with Gasteiger partial charge in [-0.15, -0.1) is 0 Å². The molecule has 0 heterocycles. The van der Waals surface area contributed by atoms with E-state index in [9.17, 15) is 8.42 Å². The molecule has 0 N–H and O–H groups in total. The molecule has 1 aromatic carbocycles. The Bertz CT molecular complexity index is 476. The number of hydrogen-bond donors (Lipinski definition) is 0. The van der Waals surface area contributed by atoms with Gasteiger partial charge in [-0.25, -0.2) is 0 Å². The summed E-state index contributed by atoms with van der Waals surface area (Å²) in [6.45, 7) is 7.69. The van der Waals surface area contributed by atoms with Crippen molar-refractivity contribution in [3.63, 3.8) is 0 Å². The van der Waals surface area contributed by atoms with Crippen LogP contribution in [0.3, 0.4) is 0 Å². The van der Waals surface area contributed by atoms with Crippen LogP contribution in [-0.2, 0) is 9.84 Å². The summed E-state index contributed by atoms with van der Waals surface area (Å²) in [6, 6.07) is 3.64. The Balaban J connectivity index is 3.48. The van der Waals surface area contributed by atoms with Crippen molar-refractivity contribution >= 4 is 32.4 Å². The summed E-state index contributed by atoms with van der Waals surface area (Å²) in [4.78, 5) is 0.525. The van der Waals surface area contributed by atoms with Gasteiger partial charge in [-0.05, 0) is 0 Å². The van der Waals surface area contributed by atoms with E-state index in [1.165, 1.54) is 0 Å². The first-order valence-corrected chi connectivity index (χ1v) is 9.93. The number of benzene rings is 1.